The van der Waals surface area contributed by atoms with Gasteiger partial charge in [-0.25, -0.2) is 4.99 Å². The highest BCUT2D eigenvalue weighted by Gasteiger charge is 1.98. The van der Waals surface area contributed by atoms with E-state index in [4.69, 9.17) is 21.1 Å². The lowest BCUT2D eigenvalue weighted by molar-refractivity contribution is 0.0487. The van der Waals surface area contributed by atoms with Gasteiger partial charge in [0.2, 0.25) is 0 Å². The van der Waals surface area contributed by atoms with E-state index in [1.165, 1.54) is 0 Å². The molecule has 0 heterocycles. The lowest BCUT2D eigenvalue weighted by atomic mass is 10.2. The van der Waals surface area contributed by atoms with Gasteiger partial charge in [-0.3, -0.25) is 0 Å². The van der Waals surface area contributed by atoms with Crippen LogP contribution in [0.25, 0.3) is 0 Å². The zero-order valence-corrected chi connectivity index (χ0v) is 18.3. The Kier molecular flexibility index (Phi) is 16.5. The van der Waals surface area contributed by atoms with Crippen LogP contribution in [0.4, 0.5) is 0 Å². The minimum absolute atomic E-state index is 0. The molecule has 1 rings (SSSR count). The van der Waals surface area contributed by atoms with Gasteiger partial charge in [-0.1, -0.05) is 37.1 Å². The molecular weight excluding hydrogens is 453 g/mol. The fourth-order valence-electron chi connectivity index (χ4n) is 1.96. The molecule has 2 N–H and O–H groups in total. The number of guanidine groups is 1. The van der Waals surface area contributed by atoms with Gasteiger partial charge in [0.15, 0.2) is 5.96 Å². The highest BCUT2D eigenvalue weighted by atomic mass is 127. The summed E-state index contributed by atoms with van der Waals surface area (Å²) >= 11 is 5.99. The Balaban J connectivity index is 0.00000576. The molecule has 0 aliphatic carbocycles. The van der Waals surface area contributed by atoms with Crippen molar-refractivity contribution in [2.45, 2.75) is 33.2 Å². The summed E-state index contributed by atoms with van der Waals surface area (Å²) in [5.74, 6) is 0.778. The molecule has 0 aliphatic heterocycles. The fourth-order valence-corrected chi connectivity index (χ4v) is 2.17. The van der Waals surface area contributed by atoms with Crippen molar-refractivity contribution in [1.82, 2.24) is 10.6 Å². The van der Waals surface area contributed by atoms with Crippen molar-refractivity contribution >= 4 is 41.5 Å². The molecule has 0 saturated carbocycles. The van der Waals surface area contributed by atoms with Gasteiger partial charge >= 0.3 is 0 Å². The largest absolute Gasteiger partial charge is 0.379 e. The third-order valence-electron chi connectivity index (χ3n) is 3.21. The molecule has 144 valence electrons. The number of nitrogens with one attached hydrogen (secondary N) is 2. The summed E-state index contributed by atoms with van der Waals surface area (Å²) in [6, 6.07) is 7.74. The highest BCUT2D eigenvalue weighted by molar-refractivity contribution is 14.0. The summed E-state index contributed by atoms with van der Waals surface area (Å²) in [5.41, 5.74) is 1.08. The molecule has 0 saturated heterocycles. The molecule has 0 atom stereocenters. The van der Waals surface area contributed by atoms with Crippen LogP contribution < -0.4 is 10.6 Å². The first-order valence-corrected chi connectivity index (χ1v) is 9.06. The summed E-state index contributed by atoms with van der Waals surface area (Å²) in [7, 11) is 0. The second-order valence-electron chi connectivity index (χ2n) is 5.33. The van der Waals surface area contributed by atoms with Crippen molar-refractivity contribution in [2.75, 3.05) is 39.5 Å². The Morgan fingerprint density at radius 1 is 1.08 bits per heavy atom. The lowest BCUT2D eigenvalue weighted by Crippen LogP contribution is -2.39. The van der Waals surface area contributed by atoms with Gasteiger partial charge in [-0.15, -0.1) is 24.0 Å². The lowest BCUT2D eigenvalue weighted by Gasteiger charge is -2.11. The molecule has 0 amide bonds. The van der Waals surface area contributed by atoms with Crippen molar-refractivity contribution in [3.63, 3.8) is 0 Å². The van der Waals surface area contributed by atoms with Crippen LogP contribution in [0.1, 0.15) is 32.3 Å². The summed E-state index contributed by atoms with van der Waals surface area (Å²) in [6.45, 7) is 9.02. The third kappa shape index (κ3) is 13.3. The second-order valence-corrected chi connectivity index (χ2v) is 5.77. The number of nitrogens with zero attached hydrogens (tertiary/aromatic N) is 1. The molecule has 0 aliphatic rings. The molecule has 1 aromatic rings. The van der Waals surface area contributed by atoms with Gasteiger partial charge in [0.25, 0.3) is 0 Å². The SMILES string of the molecule is CCCCOCCOCCNC(=NCc1cccc(Cl)c1)NCC.I. The van der Waals surface area contributed by atoms with E-state index in [0.29, 0.717) is 32.9 Å². The Hall–Kier alpha value is -0.570. The van der Waals surface area contributed by atoms with E-state index >= 15 is 0 Å². The van der Waals surface area contributed by atoms with Crippen LogP contribution in [0.2, 0.25) is 5.02 Å². The predicted octanol–water partition coefficient (Wildman–Crippen LogP) is 3.85. The van der Waals surface area contributed by atoms with Crippen LogP contribution in [-0.2, 0) is 16.0 Å². The maximum absolute atomic E-state index is 5.99. The minimum atomic E-state index is 0. The molecule has 0 bridgehead atoms. The topological polar surface area (TPSA) is 54.9 Å². The Morgan fingerprint density at radius 3 is 2.52 bits per heavy atom. The average Bonchev–Trinajstić information content (AvgIpc) is 2.58. The van der Waals surface area contributed by atoms with E-state index < -0.39 is 0 Å². The van der Waals surface area contributed by atoms with Gasteiger partial charge in [0.05, 0.1) is 26.4 Å². The van der Waals surface area contributed by atoms with E-state index in [0.717, 1.165) is 42.5 Å². The number of ether oxygens (including phenoxy) is 2. The molecule has 1 aromatic carbocycles. The molecule has 0 spiro atoms. The van der Waals surface area contributed by atoms with Gasteiger partial charge < -0.3 is 20.1 Å². The van der Waals surface area contributed by atoms with Gasteiger partial charge in [0, 0.05) is 24.7 Å². The van der Waals surface area contributed by atoms with Crippen molar-refractivity contribution in [2.24, 2.45) is 4.99 Å². The van der Waals surface area contributed by atoms with Gasteiger partial charge in [-0.2, -0.15) is 0 Å². The van der Waals surface area contributed by atoms with Crippen molar-refractivity contribution in [3.05, 3.63) is 34.9 Å². The number of aliphatic imine (C=N–C) groups is 1. The van der Waals surface area contributed by atoms with Crippen LogP contribution >= 0.6 is 35.6 Å². The van der Waals surface area contributed by atoms with Crippen molar-refractivity contribution < 1.29 is 9.47 Å². The molecule has 0 aromatic heterocycles. The normalized spacial score (nSPS) is 11.1. The molecule has 0 radical (unpaired) electrons. The Morgan fingerprint density at radius 2 is 1.84 bits per heavy atom. The van der Waals surface area contributed by atoms with Crippen molar-refractivity contribution in [1.29, 1.82) is 0 Å². The first kappa shape index (κ1) is 24.4. The second kappa shape index (κ2) is 16.9. The molecule has 5 nitrogen and oxygen atoms in total. The standard InChI is InChI=1S/C18H30ClN3O2.HI/c1-3-5-10-23-12-13-24-11-9-21-18(20-4-2)22-15-16-7-6-8-17(19)14-16;/h6-8,14H,3-5,9-13,15H2,1-2H3,(H2,20,21,22);1H. The summed E-state index contributed by atoms with van der Waals surface area (Å²) in [4.78, 5) is 4.55. The fraction of sp³-hybridized carbons (Fsp3) is 0.611. The average molecular weight is 484 g/mol. The monoisotopic (exact) mass is 483 g/mol. The summed E-state index contributed by atoms with van der Waals surface area (Å²) in [6.07, 6.45) is 2.27. The van der Waals surface area contributed by atoms with E-state index in [1.54, 1.807) is 0 Å². The number of hydrogen-bond donors (Lipinski definition) is 2. The third-order valence-corrected chi connectivity index (χ3v) is 3.44. The molecule has 7 heteroatoms. The predicted molar refractivity (Wildman–Crippen MR) is 116 cm³/mol. The van der Waals surface area contributed by atoms with Crippen LogP contribution in [0.15, 0.2) is 29.3 Å². The zero-order chi connectivity index (χ0) is 17.5. The molecule has 0 unspecified atom stereocenters. The van der Waals surface area contributed by atoms with Crippen LogP contribution in [-0.4, -0.2) is 45.5 Å². The maximum atomic E-state index is 5.99. The minimum Gasteiger partial charge on any atom is -0.379 e. The number of unbranched alkanes of at least 4 members (excludes halogenated alkanes) is 1. The van der Waals surface area contributed by atoms with E-state index in [1.807, 2.05) is 31.2 Å². The summed E-state index contributed by atoms with van der Waals surface area (Å²) < 4.78 is 11.0. The van der Waals surface area contributed by atoms with E-state index in [9.17, 15) is 0 Å². The van der Waals surface area contributed by atoms with Gasteiger partial charge in [-0.05, 0) is 31.0 Å². The number of rotatable bonds is 12. The van der Waals surface area contributed by atoms with E-state index in [2.05, 4.69) is 22.5 Å². The zero-order valence-electron chi connectivity index (χ0n) is 15.2. The number of benzene rings is 1. The number of halogens is 2. The Labute approximate surface area is 173 Å². The van der Waals surface area contributed by atoms with Gasteiger partial charge in [0.1, 0.15) is 0 Å². The summed E-state index contributed by atoms with van der Waals surface area (Å²) in [5, 5.41) is 7.21. The van der Waals surface area contributed by atoms with Crippen LogP contribution in [0.3, 0.4) is 0 Å². The molecule has 0 fully saturated rings. The molecule has 25 heavy (non-hydrogen) atoms. The van der Waals surface area contributed by atoms with Crippen molar-refractivity contribution in [3.8, 4) is 0 Å². The quantitative estimate of drug-likeness (QED) is 0.205. The smallest absolute Gasteiger partial charge is 0.191 e. The number of hydrogen-bond acceptors (Lipinski definition) is 3. The first-order chi connectivity index (χ1) is 11.8. The Bertz CT molecular complexity index is 475. The highest BCUT2D eigenvalue weighted by Crippen LogP contribution is 2.11. The van der Waals surface area contributed by atoms with Crippen LogP contribution in [0.5, 0.6) is 0 Å². The maximum Gasteiger partial charge on any atom is 0.191 e. The van der Waals surface area contributed by atoms with Crippen LogP contribution in [0, 0.1) is 0 Å². The van der Waals surface area contributed by atoms with E-state index in [-0.39, 0.29) is 24.0 Å². The first-order valence-electron chi connectivity index (χ1n) is 8.68. The molecular formula is C18H31ClIN3O2.